The van der Waals surface area contributed by atoms with Crippen LogP contribution in [0.15, 0.2) is 18.3 Å². The Balaban J connectivity index is 1.55. The van der Waals surface area contributed by atoms with Gasteiger partial charge in [-0.05, 0) is 25.5 Å². The van der Waals surface area contributed by atoms with Crippen LogP contribution in [-0.2, 0) is 22.9 Å². The van der Waals surface area contributed by atoms with Gasteiger partial charge in [-0.2, -0.15) is 18.3 Å². The summed E-state index contributed by atoms with van der Waals surface area (Å²) < 4.78 is 41.1. The number of aryl methyl sites for hydroxylation is 1. The fraction of sp³-hybridized carbons (Fsp3) is 0.444. The summed E-state index contributed by atoms with van der Waals surface area (Å²) in [7, 11) is 0. The van der Waals surface area contributed by atoms with Gasteiger partial charge in [0.25, 0.3) is 0 Å². The van der Waals surface area contributed by atoms with Crippen LogP contribution < -0.4 is 11.1 Å². The summed E-state index contributed by atoms with van der Waals surface area (Å²) in [5.74, 6) is -0.912. The average molecular weight is 424 g/mol. The molecule has 1 spiro atoms. The number of hydrogen-bond acceptors (Lipinski definition) is 5. The fourth-order valence-corrected chi connectivity index (χ4v) is 4.13. The molecule has 0 radical (unpaired) electrons. The summed E-state index contributed by atoms with van der Waals surface area (Å²) >= 11 is 0. The second kappa shape index (κ2) is 6.61. The van der Waals surface area contributed by atoms with Gasteiger partial charge < -0.3 is 21.1 Å². The number of carboxylic acid groups (broad SMARTS) is 1. The molecule has 0 unspecified atom stereocenters. The van der Waals surface area contributed by atoms with E-state index in [0.29, 0.717) is 25.3 Å². The third-order valence-electron chi connectivity index (χ3n) is 5.65. The summed E-state index contributed by atoms with van der Waals surface area (Å²) in [4.78, 5) is 28.3. The molecule has 4 heterocycles. The Labute approximate surface area is 168 Å². The van der Waals surface area contributed by atoms with Gasteiger partial charge in [0, 0.05) is 42.5 Å². The molecular weight excluding hydrogens is 405 g/mol. The van der Waals surface area contributed by atoms with Crippen molar-refractivity contribution >= 4 is 17.8 Å². The highest BCUT2D eigenvalue weighted by atomic mass is 19.4. The van der Waals surface area contributed by atoms with Gasteiger partial charge in [-0.1, -0.05) is 0 Å². The molecular formula is C18H19F3N6O3. The molecule has 2 aliphatic rings. The van der Waals surface area contributed by atoms with E-state index in [0.717, 1.165) is 18.2 Å². The first-order chi connectivity index (χ1) is 14.0. The molecule has 2 amide bonds. The van der Waals surface area contributed by atoms with Crippen molar-refractivity contribution in [3.63, 3.8) is 0 Å². The number of nitrogens with zero attached hydrogens (tertiary/aromatic N) is 4. The highest BCUT2D eigenvalue weighted by molar-refractivity contribution is 5.86. The number of amides is 2. The largest absolute Gasteiger partial charge is 0.465 e. The summed E-state index contributed by atoms with van der Waals surface area (Å²) in [5.41, 5.74) is 5.42. The lowest BCUT2D eigenvalue weighted by molar-refractivity contribution is -0.140. The molecule has 2 aromatic rings. The van der Waals surface area contributed by atoms with Gasteiger partial charge in [0.1, 0.15) is 11.9 Å². The lowest BCUT2D eigenvalue weighted by Gasteiger charge is -2.48. The summed E-state index contributed by atoms with van der Waals surface area (Å²) in [6, 6.07) is 1.80. The number of nitrogen functional groups attached to an aromatic ring is 1. The van der Waals surface area contributed by atoms with Crippen molar-refractivity contribution in [1.29, 1.82) is 0 Å². The summed E-state index contributed by atoms with van der Waals surface area (Å²) in [6.07, 6.45) is -3.89. The Morgan fingerprint density at radius 3 is 2.67 bits per heavy atom. The van der Waals surface area contributed by atoms with Crippen LogP contribution in [-0.4, -0.2) is 55.9 Å². The van der Waals surface area contributed by atoms with Gasteiger partial charge in [0.05, 0.1) is 11.3 Å². The van der Waals surface area contributed by atoms with Gasteiger partial charge >= 0.3 is 12.3 Å². The minimum Gasteiger partial charge on any atom is -0.465 e. The van der Waals surface area contributed by atoms with Crippen LogP contribution in [0.2, 0.25) is 0 Å². The third-order valence-corrected chi connectivity index (χ3v) is 5.65. The number of pyridine rings is 1. The second-order valence-corrected chi connectivity index (χ2v) is 7.69. The number of alkyl halides is 3. The first-order valence-corrected chi connectivity index (χ1v) is 9.20. The zero-order valence-corrected chi connectivity index (χ0v) is 15.9. The minimum atomic E-state index is -4.62. The lowest BCUT2D eigenvalue weighted by atomic mass is 9.75. The molecule has 1 fully saturated rings. The maximum atomic E-state index is 13.1. The number of aromatic nitrogens is 3. The number of nitrogens with two attached hydrogens (primary N) is 1. The molecule has 0 aromatic carbocycles. The standard InChI is InChI=1S/C18H19F3N6O3/c1-9(24-16(29)30)15(28)26-7-17(8-26)2-3-27-13(17)5-12(25-27)10-4-11(18(19,20)21)14(22)23-6-10/h4-6,9,24H,2-3,7-8H2,1H3,(H2,22,23)(H,29,30)/t9-/m1/s1. The number of likely N-dealkylation sites (tertiary alicyclic amines) is 1. The Morgan fingerprint density at radius 1 is 1.33 bits per heavy atom. The Bertz CT molecular complexity index is 1030. The molecule has 30 heavy (non-hydrogen) atoms. The summed E-state index contributed by atoms with van der Waals surface area (Å²) in [6.45, 7) is 2.85. The van der Waals surface area contributed by atoms with E-state index in [1.54, 1.807) is 15.6 Å². The summed E-state index contributed by atoms with van der Waals surface area (Å²) in [5, 5.41) is 15.3. The zero-order chi connectivity index (χ0) is 21.8. The van der Waals surface area contributed by atoms with Gasteiger partial charge in [0.15, 0.2) is 0 Å². The molecule has 9 nitrogen and oxygen atoms in total. The number of halogens is 3. The number of hydrogen-bond donors (Lipinski definition) is 3. The van der Waals surface area contributed by atoms with Crippen molar-refractivity contribution in [2.45, 2.75) is 37.5 Å². The normalized spacial score (nSPS) is 18.1. The van der Waals surface area contributed by atoms with Crippen LogP contribution in [0, 0.1) is 0 Å². The Kier molecular flexibility index (Phi) is 4.40. The zero-order valence-electron chi connectivity index (χ0n) is 15.9. The van der Waals surface area contributed by atoms with Crippen molar-refractivity contribution in [2.75, 3.05) is 18.8 Å². The van der Waals surface area contributed by atoms with Gasteiger partial charge in [-0.25, -0.2) is 9.78 Å². The van der Waals surface area contributed by atoms with E-state index in [2.05, 4.69) is 15.4 Å². The third kappa shape index (κ3) is 3.21. The van der Waals surface area contributed by atoms with Crippen LogP contribution in [0.5, 0.6) is 0 Å². The molecule has 1 saturated heterocycles. The highest BCUT2D eigenvalue weighted by Gasteiger charge is 2.52. The van der Waals surface area contributed by atoms with Crippen LogP contribution in [0.1, 0.15) is 24.6 Å². The van der Waals surface area contributed by atoms with Crippen LogP contribution in [0.25, 0.3) is 11.3 Å². The molecule has 2 aliphatic heterocycles. The molecule has 0 saturated carbocycles. The predicted molar refractivity (Wildman–Crippen MR) is 98.4 cm³/mol. The maximum absolute atomic E-state index is 13.1. The van der Waals surface area contributed by atoms with Gasteiger partial charge in [-0.3, -0.25) is 9.48 Å². The van der Waals surface area contributed by atoms with Crippen LogP contribution in [0.3, 0.4) is 0 Å². The average Bonchev–Trinajstić information content (AvgIpc) is 3.17. The molecule has 4 rings (SSSR count). The van der Waals surface area contributed by atoms with Gasteiger partial charge in [-0.15, -0.1) is 0 Å². The number of anilines is 1. The number of fused-ring (bicyclic) bond motifs is 2. The first-order valence-electron chi connectivity index (χ1n) is 9.20. The fourth-order valence-electron chi connectivity index (χ4n) is 4.13. The molecule has 12 heteroatoms. The molecule has 0 bridgehead atoms. The van der Waals surface area contributed by atoms with E-state index >= 15 is 0 Å². The van der Waals surface area contributed by atoms with Crippen molar-refractivity contribution in [3.05, 3.63) is 29.6 Å². The lowest BCUT2D eigenvalue weighted by Crippen LogP contribution is -2.63. The number of nitrogens with one attached hydrogen (secondary N) is 1. The highest BCUT2D eigenvalue weighted by Crippen LogP contribution is 2.44. The molecule has 0 aliphatic carbocycles. The second-order valence-electron chi connectivity index (χ2n) is 7.69. The predicted octanol–water partition coefficient (Wildman–Crippen LogP) is 1.69. The van der Waals surface area contributed by atoms with Crippen molar-refractivity contribution in [3.8, 4) is 11.3 Å². The van der Waals surface area contributed by atoms with E-state index in [1.165, 1.54) is 13.1 Å². The van der Waals surface area contributed by atoms with Gasteiger partial charge in [0.2, 0.25) is 5.91 Å². The number of carbonyl (C=O) groups excluding carboxylic acids is 1. The van der Waals surface area contributed by atoms with Crippen molar-refractivity contribution in [1.82, 2.24) is 25.0 Å². The first kappa shape index (κ1) is 20.0. The van der Waals surface area contributed by atoms with Crippen molar-refractivity contribution in [2.24, 2.45) is 0 Å². The molecule has 1 atom stereocenters. The smallest absolute Gasteiger partial charge is 0.419 e. The maximum Gasteiger partial charge on any atom is 0.419 e. The molecule has 160 valence electrons. The number of rotatable bonds is 3. The SMILES string of the molecule is C[C@@H](NC(=O)O)C(=O)N1CC2(CCn3nc(-c4cnc(N)c(C(F)(F)F)c4)cc32)C1. The van der Waals surface area contributed by atoms with E-state index in [4.69, 9.17) is 10.8 Å². The number of carbonyl (C=O) groups is 2. The topological polar surface area (TPSA) is 126 Å². The Morgan fingerprint density at radius 2 is 2.03 bits per heavy atom. The van der Waals surface area contributed by atoms with E-state index < -0.39 is 29.7 Å². The monoisotopic (exact) mass is 424 g/mol. The quantitative estimate of drug-likeness (QED) is 0.688. The minimum absolute atomic E-state index is 0.208. The molecule has 2 aromatic heterocycles. The van der Waals surface area contributed by atoms with E-state index in [9.17, 15) is 22.8 Å². The van der Waals surface area contributed by atoms with E-state index in [1.807, 2.05) is 0 Å². The van der Waals surface area contributed by atoms with Crippen molar-refractivity contribution < 1.29 is 27.9 Å². The van der Waals surface area contributed by atoms with Crippen LogP contribution in [0.4, 0.5) is 23.8 Å². The van der Waals surface area contributed by atoms with E-state index in [-0.39, 0.29) is 16.9 Å². The Hall–Kier alpha value is -3.31. The van der Waals surface area contributed by atoms with Crippen LogP contribution >= 0.6 is 0 Å². The molecule has 4 N–H and O–H groups in total.